The van der Waals surface area contributed by atoms with Gasteiger partial charge >= 0.3 is 6.09 Å². The van der Waals surface area contributed by atoms with Gasteiger partial charge in [-0.2, -0.15) is 0 Å². The van der Waals surface area contributed by atoms with Crippen molar-refractivity contribution in [2.75, 3.05) is 6.54 Å². The maximum atomic E-state index is 11.6. The van der Waals surface area contributed by atoms with Crippen LogP contribution < -0.4 is 5.32 Å². The first-order chi connectivity index (χ1) is 8.28. The van der Waals surface area contributed by atoms with Gasteiger partial charge in [-0.3, -0.25) is 4.79 Å². The molecule has 0 spiro atoms. The Morgan fingerprint density at radius 1 is 1.33 bits per heavy atom. The molecule has 1 aromatic heterocycles. The molecule has 18 heavy (non-hydrogen) atoms. The summed E-state index contributed by atoms with van der Waals surface area (Å²) < 4.78 is 4.98. The Balaban J connectivity index is 2.47. The number of nitrogens with one attached hydrogen (secondary N) is 1. The van der Waals surface area contributed by atoms with Crippen LogP contribution in [0.5, 0.6) is 0 Å². The van der Waals surface area contributed by atoms with Gasteiger partial charge in [0.15, 0.2) is 0 Å². The number of hydrogen-bond donors (Lipinski definition) is 1. The first-order valence-electron chi connectivity index (χ1n) is 5.25. The second kappa shape index (κ2) is 5.77. The number of aromatic nitrogens is 2. The van der Waals surface area contributed by atoms with E-state index in [1.165, 1.54) is 12.4 Å². The highest BCUT2D eigenvalue weighted by Gasteiger charge is 2.17. The van der Waals surface area contributed by atoms with Gasteiger partial charge in [0.2, 0.25) is 5.78 Å². The van der Waals surface area contributed by atoms with Crippen molar-refractivity contribution in [1.29, 1.82) is 0 Å². The summed E-state index contributed by atoms with van der Waals surface area (Å²) in [4.78, 5) is 30.4. The summed E-state index contributed by atoms with van der Waals surface area (Å²) in [6.45, 7) is 5.00. The predicted molar refractivity (Wildman–Crippen MR) is 65.6 cm³/mol. The molecule has 1 heterocycles. The average molecular weight is 272 g/mol. The zero-order chi connectivity index (χ0) is 13.8. The third-order valence-corrected chi connectivity index (χ3v) is 1.89. The average Bonchev–Trinajstić information content (AvgIpc) is 2.24. The highest BCUT2D eigenvalue weighted by atomic mass is 35.5. The molecule has 0 aliphatic heterocycles. The summed E-state index contributed by atoms with van der Waals surface area (Å²) in [6.07, 6.45) is 1.86. The smallest absolute Gasteiger partial charge is 0.408 e. The van der Waals surface area contributed by atoms with E-state index in [0.717, 1.165) is 0 Å². The highest BCUT2D eigenvalue weighted by Crippen LogP contribution is 2.06. The number of amides is 1. The van der Waals surface area contributed by atoms with Gasteiger partial charge in [0, 0.05) is 0 Å². The molecule has 1 amide bonds. The molecule has 0 saturated heterocycles. The van der Waals surface area contributed by atoms with Crippen molar-refractivity contribution in [1.82, 2.24) is 15.3 Å². The van der Waals surface area contributed by atoms with Gasteiger partial charge in [-0.1, -0.05) is 11.6 Å². The van der Waals surface area contributed by atoms with Crippen molar-refractivity contribution in [2.45, 2.75) is 26.4 Å². The fraction of sp³-hybridized carbons (Fsp3) is 0.455. The third kappa shape index (κ3) is 5.09. The van der Waals surface area contributed by atoms with Crippen molar-refractivity contribution < 1.29 is 14.3 Å². The second-order valence-corrected chi connectivity index (χ2v) is 4.89. The Morgan fingerprint density at radius 3 is 2.50 bits per heavy atom. The van der Waals surface area contributed by atoms with Crippen LogP contribution in [-0.4, -0.2) is 34.0 Å². The van der Waals surface area contributed by atoms with Crippen LogP contribution in [0.1, 0.15) is 31.3 Å². The van der Waals surface area contributed by atoms with Crippen LogP contribution in [0.15, 0.2) is 12.4 Å². The van der Waals surface area contributed by atoms with E-state index >= 15 is 0 Å². The standard InChI is InChI=1S/C11H14ClN3O3/c1-11(2,3)18-10(17)15-5-8(16)7-4-14-9(12)6-13-7/h4,6H,5H2,1-3H3,(H,15,17). The molecule has 0 unspecified atom stereocenters. The van der Waals surface area contributed by atoms with Crippen molar-refractivity contribution in [3.8, 4) is 0 Å². The van der Waals surface area contributed by atoms with Gasteiger partial charge in [-0.05, 0) is 20.8 Å². The number of carbonyl (C=O) groups excluding carboxylic acids is 2. The minimum absolute atomic E-state index is 0.135. The van der Waals surface area contributed by atoms with Gasteiger partial charge in [-0.15, -0.1) is 0 Å². The van der Waals surface area contributed by atoms with Crippen molar-refractivity contribution in [3.05, 3.63) is 23.2 Å². The Kier molecular flexibility index (Phi) is 4.61. The minimum Gasteiger partial charge on any atom is -0.444 e. The van der Waals surface area contributed by atoms with E-state index in [9.17, 15) is 9.59 Å². The number of halogens is 1. The van der Waals surface area contributed by atoms with E-state index in [1.54, 1.807) is 20.8 Å². The molecule has 0 aromatic carbocycles. The molecule has 0 atom stereocenters. The predicted octanol–water partition coefficient (Wildman–Crippen LogP) is 1.84. The van der Waals surface area contributed by atoms with Crippen LogP contribution in [-0.2, 0) is 4.74 Å². The van der Waals surface area contributed by atoms with Crippen molar-refractivity contribution in [3.63, 3.8) is 0 Å². The first kappa shape index (κ1) is 14.4. The van der Waals surface area contributed by atoms with Crippen LogP contribution in [0.2, 0.25) is 5.15 Å². The minimum atomic E-state index is -0.655. The molecule has 0 saturated carbocycles. The number of hydrogen-bond acceptors (Lipinski definition) is 5. The molecule has 7 heteroatoms. The van der Waals surface area contributed by atoms with Crippen LogP contribution in [0.3, 0.4) is 0 Å². The molecule has 1 N–H and O–H groups in total. The van der Waals surface area contributed by atoms with Crippen molar-refractivity contribution >= 4 is 23.5 Å². The zero-order valence-corrected chi connectivity index (χ0v) is 11.1. The van der Waals surface area contributed by atoms with E-state index in [2.05, 4.69) is 15.3 Å². The molecule has 0 fully saturated rings. The first-order valence-corrected chi connectivity index (χ1v) is 5.63. The zero-order valence-electron chi connectivity index (χ0n) is 10.4. The monoisotopic (exact) mass is 271 g/mol. The lowest BCUT2D eigenvalue weighted by Gasteiger charge is -2.19. The molecule has 6 nitrogen and oxygen atoms in total. The van der Waals surface area contributed by atoms with Crippen LogP contribution in [0, 0.1) is 0 Å². The Morgan fingerprint density at radius 2 is 2.00 bits per heavy atom. The number of nitrogens with zero attached hydrogens (tertiary/aromatic N) is 2. The largest absolute Gasteiger partial charge is 0.444 e. The van der Waals surface area contributed by atoms with Crippen LogP contribution in [0.4, 0.5) is 4.79 Å². The molecular weight excluding hydrogens is 258 g/mol. The van der Waals surface area contributed by atoms with Gasteiger partial charge < -0.3 is 10.1 Å². The fourth-order valence-corrected chi connectivity index (χ4v) is 1.11. The number of ether oxygens (including phenoxy) is 1. The van der Waals surface area contributed by atoms with Crippen LogP contribution >= 0.6 is 11.6 Å². The van der Waals surface area contributed by atoms with Gasteiger partial charge in [0.1, 0.15) is 16.4 Å². The van der Waals surface area contributed by atoms with Gasteiger partial charge in [0.05, 0.1) is 18.9 Å². The lowest BCUT2D eigenvalue weighted by atomic mass is 10.2. The SMILES string of the molecule is CC(C)(C)OC(=O)NCC(=O)c1cnc(Cl)cn1. The summed E-state index contributed by atoms with van der Waals surface area (Å²) in [6, 6.07) is 0. The second-order valence-electron chi connectivity index (χ2n) is 4.50. The van der Waals surface area contributed by atoms with Crippen LogP contribution in [0.25, 0.3) is 0 Å². The normalized spacial score (nSPS) is 10.9. The van der Waals surface area contributed by atoms with E-state index in [1.807, 2.05) is 0 Å². The van der Waals surface area contributed by atoms with Crippen molar-refractivity contribution in [2.24, 2.45) is 0 Å². The Labute approximate surface area is 110 Å². The third-order valence-electron chi connectivity index (χ3n) is 1.70. The maximum Gasteiger partial charge on any atom is 0.408 e. The maximum absolute atomic E-state index is 11.6. The molecule has 1 rings (SSSR count). The van der Waals surface area contributed by atoms with E-state index in [0.29, 0.717) is 0 Å². The lowest BCUT2D eigenvalue weighted by Crippen LogP contribution is -2.35. The molecule has 98 valence electrons. The molecule has 0 bridgehead atoms. The Hall–Kier alpha value is -1.69. The Bertz CT molecular complexity index is 440. The lowest BCUT2D eigenvalue weighted by molar-refractivity contribution is 0.0520. The van der Waals surface area contributed by atoms with E-state index < -0.39 is 11.7 Å². The van der Waals surface area contributed by atoms with E-state index in [-0.39, 0.29) is 23.2 Å². The summed E-state index contributed by atoms with van der Waals surface area (Å²) >= 11 is 5.54. The number of alkyl carbamates (subject to hydrolysis) is 1. The topological polar surface area (TPSA) is 81.2 Å². The molecule has 0 radical (unpaired) electrons. The van der Waals surface area contributed by atoms with E-state index in [4.69, 9.17) is 16.3 Å². The summed E-state index contributed by atoms with van der Waals surface area (Å²) in [5.41, 5.74) is -0.469. The number of rotatable bonds is 3. The fourth-order valence-electron chi connectivity index (χ4n) is 1.01. The molecular formula is C11H14ClN3O3. The highest BCUT2D eigenvalue weighted by molar-refractivity contribution is 6.29. The quantitative estimate of drug-likeness (QED) is 0.849. The number of Topliss-reactive ketones (excluding diaryl/α,β-unsaturated/α-hetero) is 1. The summed E-state index contributed by atoms with van der Waals surface area (Å²) in [5.74, 6) is -0.370. The number of carbonyl (C=O) groups is 2. The summed E-state index contributed by atoms with van der Waals surface area (Å²) in [7, 11) is 0. The molecule has 0 aliphatic rings. The molecule has 1 aromatic rings. The summed E-state index contributed by atoms with van der Waals surface area (Å²) in [5, 5.41) is 2.54. The number of ketones is 1. The van der Waals surface area contributed by atoms with Gasteiger partial charge in [-0.25, -0.2) is 14.8 Å². The molecule has 0 aliphatic carbocycles. The van der Waals surface area contributed by atoms with Gasteiger partial charge in [0.25, 0.3) is 0 Å².